The molecule has 0 bridgehead atoms. The maximum Gasteiger partial charge on any atom is 0.258 e. The molecule has 0 unspecified atom stereocenters. The Bertz CT molecular complexity index is 1340. The van der Waals surface area contributed by atoms with Crippen LogP contribution >= 0.6 is 0 Å². The smallest absolute Gasteiger partial charge is 0.258 e. The molecule has 0 atom stereocenters. The van der Waals surface area contributed by atoms with Gasteiger partial charge in [0.1, 0.15) is 5.75 Å². The van der Waals surface area contributed by atoms with E-state index in [-0.39, 0.29) is 11.8 Å². The van der Waals surface area contributed by atoms with E-state index < -0.39 is 0 Å². The molecule has 0 fully saturated rings. The predicted molar refractivity (Wildman–Crippen MR) is 156 cm³/mol. The molecule has 2 amide bonds. The van der Waals surface area contributed by atoms with Gasteiger partial charge in [-0.15, -0.1) is 0 Å². The summed E-state index contributed by atoms with van der Waals surface area (Å²) >= 11 is 0. The highest BCUT2D eigenvalue weighted by molar-refractivity contribution is 6.11. The van der Waals surface area contributed by atoms with E-state index in [9.17, 15) is 9.59 Å². The molecule has 0 aromatic heterocycles. The van der Waals surface area contributed by atoms with Gasteiger partial charge in [0.15, 0.2) is 0 Å². The number of nitrogens with one attached hydrogen (secondary N) is 1. The lowest BCUT2D eigenvalue weighted by atomic mass is 10.1. The second-order valence-electron chi connectivity index (χ2n) is 9.37. The van der Waals surface area contributed by atoms with E-state index in [0.29, 0.717) is 30.0 Å². The number of carbonyl (C=O) groups excluding carboxylic acids is 2. The fourth-order valence-corrected chi connectivity index (χ4v) is 4.52. The average Bonchev–Trinajstić information content (AvgIpc) is 2.96. The average molecular weight is 509 g/mol. The summed E-state index contributed by atoms with van der Waals surface area (Å²) < 4.78 is 5.79. The summed E-state index contributed by atoms with van der Waals surface area (Å²) in [6, 6.07) is 28.3. The van der Waals surface area contributed by atoms with Crippen molar-refractivity contribution in [3.8, 4) is 5.75 Å². The van der Waals surface area contributed by atoms with Crippen LogP contribution in [0.1, 0.15) is 66.7 Å². The molecule has 4 aromatic rings. The third-order valence-corrected chi connectivity index (χ3v) is 6.64. The minimum atomic E-state index is -0.207. The third-order valence-electron chi connectivity index (χ3n) is 6.64. The van der Waals surface area contributed by atoms with Crippen LogP contribution in [0.15, 0.2) is 91.0 Å². The van der Waals surface area contributed by atoms with Crippen LogP contribution in [0.4, 0.5) is 11.4 Å². The van der Waals surface area contributed by atoms with Gasteiger partial charge in [0.05, 0.1) is 12.3 Å². The van der Waals surface area contributed by atoms with Crippen LogP contribution in [-0.4, -0.2) is 25.0 Å². The Morgan fingerprint density at radius 1 is 0.737 bits per heavy atom. The first-order chi connectivity index (χ1) is 18.6. The van der Waals surface area contributed by atoms with Crippen LogP contribution in [0.5, 0.6) is 5.75 Å². The van der Waals surface area contributed by atoms with E-state index >= 15 is 0 Å². The molecule has 0 saturated heterocycles. The van der Waals surface area contributed by atoms with Crippen LogP contribution in [0.25, 0.3) is 10.8 Å². The maximum atomic E-state index is 13.4. The van der Waals surface area contributed by atoms with Crippen molar-refractivity contribution in [2.75, 3.05) is 23.4 Å². The molecule has 5 nitrogen and oxygen atoms in total. The van der Waals surface area contributed by atoms with Gasteiger partial charge in [-0.3, -0.25) is 9.59 Å². The lowest BCUT2D eigenvalue weighted by Crippen LogP contribution is -2.30. The lowest BCUT2D eigenvalue weighted by molar-refractivity contribution is 0.0987. The Kier molecular flexibility index (Phi) is 9.52. The van der Waals surface area contributed by atoms with Gasteiger partial charge in [-0.25, -0.2) is 0 Å². The number of hydrogen-bond donors (Lipinski definition) is 1. The Labute approximate surface area is 225 Å². The maximum absolute atomic E-state index is 13.4. The number of anilines is 2. The van der Waals surface area contributed by atoms with Gasteiger partial charge in [0.25, 0.3) is 11.8 Å². The van der Waals surface area contributed by atoms with E-state index in [4.69, 9.17) is 4.74 Å². The predicted octanol–water partition coefficient (Wildman–Crippen LogP) is 8.11. The van der Waals surface area contributed by atoms with Gasteiger partial charge in [-0.1, -0.05) is 69.0 Å². The largest absolute Gasteiger partial charge is 0.494 e. The van der Waals surface area contributed by atoms with Gasteiger partial charge in [0, 0.05) is 28.7 Å². The summed E-state index contributed by atoms with van der Waals surface area (Å²) in [7, 11) is 0. The molecular weight excluding hydrogens is 472 g/mol. The quantitative estimate of drug-likeness (QED) is 0.197. The van der Waals surface area contributed by atoms with Gasteiger partial charge in [-0.05, 0) is 73.3 Å². The van der Waals surface area contributed by atoms with Gasteiger partial charge in [0.2, 0.25) is 0 Å². The zero-order chi connectivity index (χ0) is 26.7. The Balaban J connectivity index is 1.35. The van der Waals surface area contributed by atoms with Crippen molar-refractivity contribution in [2.45, 2.75) is 46.0 Å². The van der Waals surface area contributed by atoms with Crippen molar-refractivity contribution in [3.05, 3.63) is 102 Å². The minimum absolute atomic E-state index is 0.0809. The van der Waals surface area contributed by atoms with Crippen molar-refractivity contribution in [1.29, 1.82) is 0 Å². The number of fused-ring (bicyclic) bond motifs is 1. The minimum Gasteiger partial charge on any atom is -0.494 e. The fourth-order valence-electron chi connectivity index (χ4n) is 4.52. The van der Waals surface area contributed by atoms with Crippen LogP contribution in [0, 0.1) is 0 Å². The van der Waals surface area contributed by atoms with Crippen molar-refractivity contribution in [2.24, 2.45) is 0 Å². The Hall–Kier alpha value is -4.12. The molecule has 4 rings (SSSR count). The van der Waals surface area contributed by atoms with Gasteiger partial charge >= 0.3 is 0 Å². The highest BCUT2D eigenvalue weighted by Crippen LogP contribution is 2.28. The van der Waals surface area contributed by atoms with Crippen molar-refractivity contribution in [3.63, 3.8) is 0 Å². The summed E-state index contributed by atoms with van der Waals surface area (Å²) in [6.45, 7) is 5.41. The van der Waals surface area contributed by atoms with E-state index in [1.54, 1.807) is 41.3 Å². The van der Waals surface area contributed by atoms with E-state index in [0.717, 1.165) is 28.6 Å². The fraction of sp³-hybridized carbons (Fsp3) is 0.273. The number of benzene rings is 4. The molecule has 1 N–H and O–H groups in total. The van der Waals surface area contributed by atoms with Crippen molar-refractivity contribution >= 4 is 34.0 Å². The number of rotatable bonds is 12. The van der Waals surface area contributed by atoms with Crippen molar-refractivity contribution in [1.82, 2.24) is 0 Å². The molecule has 4 aromatic carbocycles. The molecular formula is C33H36N2O3. The lowest BCUT2D eigenvalue weighted by Gasteiger charge is -2.23. The summed E-state index contributed by atoms with van der Waals surface area (Å²) in [5.74, 6) is 0.482. The molecule has 38 heavy (non-hydrogen) atoms. The molecule has 5 heteroatoms. The number of ether oxygens (including phenoxy) is 1. The monoisotopic (exact) mass is 508 g/mol. The molecule has 0 spiro atoms. The number of amides is 2. The first-order valence-electron chi connectivity index (χ1n) is 13.5. The van der Waals surface area contributed by atoms with E-state index in [1.807, 2.05) is 61.5 Å². The van der Waals surface area contributed by atoms with Crippen molar-refractivity contribution < 1.29 is 14.3 Å². The summed E-state index contributed by atoms with van der Waals surface area (Å²) in [5.41, 5.74) is 2.63. The number of carbonyl (C=O) groups is 2. The van der Waals surface area contributed by atoms with Gasteiger partial charge in [-0.2, -0.15) is 0 Å². The van der Waals surface area contributed by atoms with Crippen LogP contribution < -0.4 is 15.0 Å². The number of hydrogen-bond acceptors (Lipinski definition) is 3. The molecule has 0 aliphatic carbocycles. The summed E-state index contributed by atoms with van der Waals surface area (Å²) in [5, 5.41) is 5.04. The topological polar surface area (TPSA) is 58.6 Å². The molecule has 196 valence electrons. The summed E-state index contributed by atoms with van der Waals surface area (Å²) in [4.78, 5) is 27.9. The molecule has 0 aliphatic heterocycles. The SMILES string of the molecule is CCCCCCCOc1ccc(C(=O)Nc2ccc(C(=O)N(CC)c3cccc4ccccc34)cc2)cc1. The van der Waals surface area contributed by atoms with E-state index in [1.165, 1.54) is 25.7 Å². The van der Waals surface area contributed by atoms with Crippen LogP contribution in [0.3, 0.4) is 0 Å². The Morgan fingerprint density at radius 3 is 2.16 bits per heavy atom. The van der Waals surface area contributed by atoms with Gasteiger partial charge < -0.3 is 15.0 Å². The highest BCUT2D eigenvalue weighted by atomic mass is 16.5. The van der Waals surface area contributed by atoms with E-state index in [2.05, 4.69) is 12.2 Å². The second kappa shape index (κ2) is 13.4. The zero-order valence-corrected chi connectivity index (χ0v) is 22.3. The van der Waals surface area contributed by atoms with Crippen LogP contribution in [0.2, 0.25) is 0 Å². The molecule has 0 radical (unpaired) electrons. The van der Waals surface area contributed by atoms with Crippen LogP contribution in [-0.2, 0) is 0 Å². The Morgan fingerprint density at radius 2 is 1.42 bits per heavy atom. The zero-order valence-electron chi connectivity index (χ0n) is 22.3. The standard InChI is InChI=1S/C33H36N2O3/c1-3-5-6-7-10-24-38-29-22-18-26(19-23-29)32(36)34-28-20-16-27(17-21-28)33(37)35(4-2)31-15-11-13-25-12-8-9-14-30(25)31/h8-9,11-23H,3-7,10,24H2,1-2H3,(H,34,36). The first-order valence-corrected chi connectivity index (χ1v) is 13.5. The molecule has 0 heterocycles. The highest BCUT2D eigenvalue weighted by Gasteiger charge is 2.18. The molecule has 0 aliphatic rings. The summed E-state index contributed by atoms with van der Waals surface area (Å²) in [6.07, 6.45) is 5.97. The number of nitrogens with zero attached hydrogens (tertiary/aromatic N) is 1. The number of unbranched alkanes of at least 4 members (excludes halogenated alkanes) is 4. The second-order valence-corrected chi connectivity index (χ2v) is 9.37. The third kappa shape index (κ3) is 6.80. The molecule has 0 saturated carbocycles. The first kappa shape index (κ1) is 26.9. The normalized spacial score (nSPS) is 10.8.